The molecule has 15 N–H and O–H groups in total. The van der Waals surface area contributed by atoms with Gasteiger partial charge in [-0.2, -0.15) is 0 Å². The van der Waals surface area contributed by atoms with Gasteiger partial charge in [0.2, 0.25) is 30.4 Å². The zero-order valence-electron chi connectivity index (χ0n) is 36.9. The van der Waals surface area contributed by atoms with Crippen molar-refractivity contribution in [2.75, 3.05) is 19.8 Å². The van der Waals surface area contributed by atoms with E-state index in [-0.39, 0.29) is 22.3 Å². The average molecular weight is 1020 g/mol. The molecule has 15 unspecified atom stereocenters. The molecule has 3 aliphatic rings. The second-order valence-corrected chi connectivity index (χ2v) is 16.5. The summed E-state index contributed by atoms with van der Waals surface area (Å²) in [7, 11) is 0. The molecule has 7 rings (SSSR count). The number of fused-ring (bicyclic) bond motifs is 1. The van der Waals surface area contributed by atoms with E-state index in [0.717, 1.165) is 36.4 Å². The van der Waals surface area contributed by atoms with Gasteiger partial charge < -0.3 is 114 Å². The molecule has 15 atom stereocenters. The van der Waals surface area contributed by atoms with E-state index in [4.69, 9.17) is 47.4 Å². The van der Waals surface area contributed by atoms with Crippen LogP contribution in [0, 0.1) is 0 Å². The minimum atomic E-state index is -2.14. The van der Waals surface area contributed by atoms with Gasteiger partial charge in [-0.25, -0.2) is 9.21 Å². The van der Waals surface area contributed by atoms with E-state index in [2.05, 4.69) is 0 Å². The van der Waals surface area contributed by atoms with E-state index in [1.165, 1.54) is 30.3 Å². The summed E-state index contributed by atoms with van der Waals surface area (Å²) in [6.07, 6.45) is -28.0. The van der Waals surface area contributed by atoms with Gasteiger partial charge in [-0.15, -0.1) is 0 Å². The Morgan fingerprint density at radius 3 is 1.61 bits per heavy atom. The highest BCUT2D eigenvalue weighted by molar-refractivity contribution is 5.90. The zero-order valence-corrected chi connectivity index (χ0v) is 36.9. The number of aliphatic carboxylic acids is 1. The Kier molecular flexibility index (Phi) is 16.5. The number of phenolic OH excluding ortho intramolecular Hbond substituents is 4. The highest BCUT2D eigenvalue weighted by Gasteiger charge is 2.49. The molecule has 4 aromatic rings. The Hall–Kier alpha value is -6.70. The molecule has 3 saturated heterocycles. The minimum absolute atomic E-state index is 0.0250. The standard InChI is InChI=1S/C45H48O27/c46-13-26-33(55)36(58)39(61)43(70-26)67-23-7-17(8-24(32(23)54)68-44-40(62)37(59)34(56)27(71-44)14-64-30(52)6-3-16-1-4-18(47)5-2-16)42-25(11-20-21(49)9-19(48)10-22(20)66-42)69-45-41(63)38(60)35(57)28(72-45)15-65-31(53)12-29(50)51/h1-11,26-28,33-41,43-46,55-63H,12-15H2,(H4-,47,48,49,50,51,52,54)/p+1. The van der Waals surface area contributed by atoms with Crippen LogP contribution in [-0.4, -0.2) is 206 Å². The summed E-state index contributed by atoms with van der Waals surface area (Å²) in [5.74, 6) is -8.61. The van der Waals surface area contributed by atoms with Crippen LogP contribution in [0.1, 0.15) is 12.0 Å². The van der Waals surface area contributed by atoms with Gasteiger partial charge in [-0.1, -0.05) is 12.1 Å². The van der Waals surface area contributed by atoms with Crippen molar-refractivity contribution in [1.29, 1.82) is 0 Å². The lowest BCUT2D eigenvalue weighted by molar-refractivity contribution is -0.279. The predicted molar refractivity (Wildman–Crippen MR) is 231 cm³/mol. The van der Waals surface area contributed by atoms with Gasteiger partial charge in [0.05, 0.1) is 18.2 Å². The van der Waals surface area contributed by atoms with Gasteiger partial charge in [0, 0.05) is 30.3 Å². The van der Waals surface area contributed by atoms with Gasteiger partial charge in [-0.05, 0) is 23.8 Å². The molecule has 0 radical (unpaired) electrons. The van der Waals surface area contributed by atoms with Gasteiger partial charge in [-0.3, -0.25) is 9.59 Å². The first-order valence-electron chi connectivity index (χ1n) is 21.5. The molecule has 3 aromatic carbocycles. The lowest BCUT2D eigenvalue weighted by Crippen LogP contribution is -2.60. The number of aliphatic hydroxyl groups excluding tert-OH is 10. The van der Waals surface area contributed by atoms with Crippen LogP contribution < -0.4 is 14.2 Å². The van der Waals surface area contributed by atoms with E-state index >= 15 is 0 Å². The van der Waals surface area contributed by atoms with Gasteiger partial charge in [0.25, 0.3) is 0 Å². The third kappa shape index (κ3) is 11.8. The van der Waals surface area contributed by atoms with Crippen LogP contribution in [0.15, 0.2) is 65.1 Å². The number of carboxylic acid groups (broad SMARTS) is 1. The van der Waals surface area contributed by atoms with E-state index < -0.39 is 177 Å². The van der Waals surface area contributed by atoms with E-state index in [0.29, 0.717) is 5.56 Å². The average Bonchev–Trinajstić information content (AvgIpc) is 3.34. The van der Waals surface area contributed by atoms with Crippen molar-refractivity contribution < 1.29 is 133 Å². The number of phenols is 4. The summed E-state index contributed by atoms with van der Waals surface area (Å²) < 4.78 is 50.6. The largest absolute Gasteiger partial charge is 0.508 e. The lowest BCUT2D eigenvalue weighted by Gasteiger charge is -2.40. The van der Waals surface area contributed by atoms with Crippen LogP contribution in [0.25, 0.3) is 28.4 Å². The third-order valence-electron chi connectivity index (χ3n) is 11.4. The summed E-state index contributed by atoms with van der Waals surface area (Å²) in [5, 5.41) is 158. The molecule has 0 bridgehead atoms. The first-order valence-corrected chi connectivity index (χ1v) is 21.5. The van der Waals surface area contributed by atoms with E-state index in [9.17, 15) is 85.9 Å². The number of esters is 2. The van der Waals surface area contributed by atoms with Gasteiger partial charge in [0.1, 0.15) is 116 Å². The topological polar surface area (TPSA) is 440 Å². The molecule has 0 saturated carbocycles. The minimum Gasteiger partial charge on any atom is -0.508 e. The van der Waals surface area contributed by atoms with Crippen molar-refractivity contribution in [1.82, 2.24) is 0 Å². The number of carbonyl (C=O) groups is 3. The Balaban J connectivity index is 1.27. The molecule has 0 aliphatic carbocycles. The number of benzene rings is 3. The normalized spacial score (nSPS) is 30.7. The molecule has 0 amide bonds. The van der Waals surface area contributed by atoms with Crippen LogP contribution in [0.2, 0.25) is 0 Å². The Labute approximate surface area is 403 Å². The number of carbonyl (C=O) groups excluding carboxylic acids is 2. The number of aromatic hydroxyl groups is 4. The van der Waals surface area contributed by atoms with Crippen LogP contribution in [0.4, 0.5) is 0 Å². The summed E-state index contributed by atoms with van der Waals surface area (Å²) >= 11 is 0. The molecule has 72 heavy (non-hydrogen) atoms. The number of aliphatic hydroxyl groups is 10. The number of carboxylic acids is 1. The fourth-order valence-corrected chi connectivity index (χ4v) is 7.52. The van der Waals surface area contributed by atoms with E-state index in [1.807, 2.05) is 0 Å². The molecule has 27 nitrogen and oxygen atoms in total. The maximum atomic E-state index is 12.6. The molecule has 390 valence electrons. The SMILES string of the molecule is O=C(O)CC(=O)OCC1OC(Oc2cc3c(O)cc(O)cc3[o+]c2-c2cc(OC3OC(CO)C(O)C(O)C3O)c(O)c(OC3OC(COC(=O)C=Cc4ccc(O)cc4)C(O)C(O)C3O)c2)C(O)C(O)C1O. The molecule has 3 fully saturated rings. The Bertz CT molecular complexity index is 2610. The number of hydrogen-bond donors (Lipinski definition) is 15. The molecule has 4 heterocycles. The van der Waals surface area contributed by atoms with Crippen LogP contribution in [-0.2, 0) is 38.1 Å². The molecule has 0 spiro atoms. The highest BCUT2D eigenvalue weighted by atomic mass is 16.7. The van der Waals surface area contributed by atoms with Gasteiger partial charge >= 0.3 is 29.3 Å². The summed E-state index contributed by atoms with van der Waals surface area (Å²) in [6, 6.07) is 10.6. The number of rotatable bonds is 16. The van der Waals surface area contributed by atoms with Crippen molar-refractivity contribution in [3.05, 3.63) is 66.2 Å². The van der Waals surface area contributed by atoms with Crippen LogP contribution in [0.5, 0.6) is 40.2 Å². The fourth-order valence-electron chi connectivity index (χ4n) is 7.52. The Morgan fingerprint density at radius 1 is 0.583 bits per heavy atom. The first-order chi connectivity index (χ1) is 34.1. The second-order valence-electron chi connectivity index (χ2n) is 16.5. The summed E-state index contributed by atoms with van der Waals surface area (Å²) in [5.41, 5.74) is -0.162. The summed E-state index contributed by atoms with van der Waals surface area (Å²) in [6.45, 7) is -2.54. The Morgan fingerprint density at radius 2 is 1.08 bits per heavy atom. The maximum absolute atomic E-state index is 12.6. The molecule has 1 aromatic heterocycles. The maximum Gasteiger partial charge on any atom is 0.402 e. The van der Waals surface area contributed by atoms with Crippen molar-refractivity contribution in [3.8, 4) is 51.6 Å². The van der Waals surface area contributed by atoms with Crippen LogP contribution in [0.3, 0.4) is 0 Å². The molecule has 27 heteroatoms. The molecule has 3 aliphatic heterocycles. The zero-order chi connectivity index (χ0) is 52.3. The molecular formula is C45H49O27+. The van der Waals surface area contributed by atoms with Gasteiger partial charge in [0.15, 0.2) is 11.5 Å². The monoisotopic (exact) mass is 1020 g/mol. The van der Waals surface area contributed by atoms with E-state index in [1.54, 1.807) is 0 Å². The van der Waals surface area contributed by atoms with Crippen molar-refractivity contribution in [3.63, 3.8) is 0 Å². The quantitative estimate of drug-likeness (QED) is 0.0231. The molecular weight excluding hydrogens is 972 g/mol. The third-order valence-corrected chi connectivity index (χ3v) is 11.4. The number of ether oxygens (including phenoxy) is 8. The smallest absolute Gasteiger partial charge is 0.402 e. The van der Waals surface area contributed by atoms with Crippen molar-refractivity contribution in [2.45, 2.75) is 98.5 Å². The second kappa shape index (κ2) is 22.4. The first kappa shape index (κ1) is 53.1. The highest BCUT2D eigenvalue weighted by Crippen LogP contribution is 2.47. The summed E-state index contributed by atoms with van der Waals surface area (Å²) in [4.78, 5) is 35.6. The fraction of sp³-hybridized carbons (Fsp3) is 0.422. The van der Waals surface area contributed by atoms with Crippen LogP contribution >= 0.6 is 0 Å². The van der Waals surface area contributed by atoms with Crippen molar-refractivity contribution in [2.24, 2.45) is 0 Å². The predicted octanol–water partition coefficient (Wildman–Crippen LogP) is -2.97. The number of hydrogen-bond acceptors (Lipinski definition) is 25. The van der Waals surface area contributed by atoms with Crippen molar-refractivity contribution >= 4 is 35.0 Å². The lowest BCUT2D eigenvalue weighted by atomic mass is 9.99.